The van der Waals surface area contributed by atoms with Gasteiger partial charge in [0.25, 0.3) is 5.91 Å². The molecule has 0 radical (unpaired) electrons. The second-order valence-electron chi connectivity index (χ2n) is 6.74. The van der Waals surface area contributed by atoms with E-state index in [9.17, 15) is 9.59 Å². The van der Waals surface area contributed by atoms with Gasteiger partial charge in [0.2, 0.25) is 6.10 Å². The van der Waals surface area contributed by atoms with Crippen LogP contribution in [0.1, 0.15) is 30.6 Å². The minimum Gasteiger partial charge on any atom is -0.495 e. The van der Waals surface area contributed by atoms with Gasteiger partial charge in [0.05, 0.1) is 18.7 Å². The molecular formula is C21H23NO4. The molecule has 5 heteroatoms. The number of hydrogen-bond acceptors (Lipinski definition) is 4. The van der Waals surface area contributed by atoms with Crippen molar-refractivity contribution >= 4 is 17.6 Å². The van der Waals surface area contributed by atoms with Gasteiger partial charge in [-0.25, -0.2) is 0 Å². The lowest BCUT2D eigenvalue weighted by atomic mass is 10.1. The van der Waals surface area contributed by atoms with Gasteiger partial charge in [0.15, 0.2) is 0 Å². The highest BCUT2D eigenvalue weighted by atomic mass is 16.5. The Balaban J connectivity index is 1.83. The van der Waals surface area contributed by atoms with E-state index in [4.69, 9.17) is 9.47 Å². The maximum absolute atomic E-state index is 12.9. The van der Waals surface area contributed by atoms with Crippen LogP contribution in [0.2, 0.25) is 0 Å². The Morgan fingerprint density at radius 1 is 1.15 bits per heavy atom. The average Bonchev–Trinajstić information content (AvgIpc) is 3.37. The Labute approximate surface area is 153 Å². The number of rotatable bonds is 6. The molecule has 5 nitrogen and oxygen atoms in total. The second kappa shape index (κ2) is 7.60. The van der Waals surface area contributed by atoms with Crippen molar-refractivity contribution < 1.29 is 19.1 Å². The van der Waals surface area contributed by atoms with Crippen LogP contribution in [0.15, 0.2) is 48.5 Å². The number of aryl methyl sites for hydroxylation is 1. The van der Waals surface area contributed by atoms with Crippen molar-refractivity contribution in [2.24, 2.45) is 11.8 Å². The first-order valence-electron chi connectivity index (χ1n) is 8.70. The van der Waals surface area contributed by atoms with Crippen molar-refractivity contribution in [2.75, 3.05) is 12.4 Å². The Hall–Kier alpha value is -2.82. The fourth-order valence-corrected chi connectivity index (χ4v) is 2.87. The van der Waals surface area contributed by atoms with Crippen LogP contribution in [0.3, 0.4) is 0 Å². The zero-order valence-corrected chi connectivity index (χ0v) is 15.2. The standard InChI is InChI=1S/C21H23NO4/c1-13-9-10-18(25-3)17(11-13)22-20(23)19(15-7-5-4-6-8-15)26-21(24)16-12-14(16)2/h4-11,14,16,19H,12H2,1-3H3,(H,22,23)/t14-,16-,19+/m0/s1. The van der Waals surface area contributed by atoms with Crippen LogP contribution in [-0.4, -0.2) is 19.0 Å². The normalized spacial score (nSPS) is 19.3. The van der Waals surface area contributed by atoms with Crippen LogP contribution >= 0.6 is 0 Å². The van der Waals surface area contributed by atoms with Gasteiger partial charge in [-0.3, -0.25) is 9.59 Å². The molecule has 1 aliphatic rings. The lowest BCUT2D eigenvalue weighted by Crippen LogP contribution is -2.26. The third-order valence-corrected chi connectivity index (χ3v) is 4.60. The molecule has 3 atom stereocenters. The van der Waals surface area contributed by atoms with Gasteiger partial charge < -0.3 is 14.8 Å². The summed E-state index contributed by atoms with van der Waals surface area (Å²) in [6, 6.07) is 14.6. The maximum Gasteiger partial charge on any atom is 0.310 e. The highest BCUT2D eigenvalue weighted by Crippen LogP contribution is 2.40. The van der Waals surface area contributed by atoms with Gasteiger partial charge in [-0.1, -0.05) is 43.3 Å². The van der Waals surface area contributed by atoms with E-state index < -0.39 is 12.0 Å². The third kappa shape index (κ3) is 4.04. The molecule has 0 unspecified atom stereocenters. The monoisotopic (exact) mass is 353 g/mol. The van der Waals surface area contributed by atoms with Crippen LogP contribution < -0.4 is 10.1 Å². The molecule has 2 aromatic rings. The average molecular weight is 353 g/mol. The Bertz CT molecular complexity index is 803. The number of benzene rings is 2. The fraction of sp³-hybridized carbons (Fsp3) is 0.333. The lowest BCUT2D eigenvalue weighted by Gasteiger charge is -2.19. The van der Waals surface area contributed by atoms with E-state index in [0.29, 0.717) is 22.9 Å². The quantitative estimate of drug-likeness (QED) is 0.801. The summed E-state index contributed by atoms with van der Waals surface area (Å²) in [4.78, 5) is 25.2. The first kappa shape index (κ1) is 18.0. The molecule has 1 aliphatic carbocycles. The van der Waals surface area contributed by atoms with E-state index in [1.807, 2.05) is 44.2 Å². The summed E-state index contributed by atoms with van der Waals surface area (Å²) in [5, 5.41) is 2.84. The van der Waals surface area contributed by atoms with E-state index in [2.05, 4.69) is 5.32 Å². The number of ether oxygens (including phenoxy) is 2. The first-order valence-corrected chi connectivity index (χ1v) is 8.70. The second-order valence-corrected chi connectivity index (χ2v) is 6.74. The number of carbonyl (C=O) groups excluding carboxylic acids is 2. The first-order chi connectivity index (χ1) is 12.5. The molecule has 1 N–H and O–H groups in total. The highest BCUT2D eigenvalue weighted by molar-refractivity contribution is 5.97. The molecule has 0 heterocycles. The zero-order valence-electron chi connectivity index (χ0n) is 15.2. The Kier molecular flexibility index (Phi) is 5.26. The van der Waals surface area contributed by atoms with E-state index >= 15 is 0 Å². The van der Waals surface area contributed by atoms with Crippen LogP contribution in [0.5, 0.6) is 5.75 Å². The molecule has 0 aliphatic heterocycles. The number of hydrogen-bond donors (Lipinski definition) is 1. The summed E-state index contributed by atoms with van der Waals surface area (Å²) in [6.45, 7) is 3.93. The summed E-state index contributed by atoms with van der Waals surface area (Å²) in [5.41, 5.74) is 2.17. The number of nitrogens with one attached hydrogen (secondary N) is 1. The minimum atomic E-state index is -0.998. The number of amides is 1. The van der Waals surface area contributed by atoms with E-state index in [-0.39, 0.29) is 11.9 Å². The molecule has 0 saturated heterocycles. The third-order valence-electron chi connectivity index (χ3n) is 4.60. The Morgan fingerprint density at radius 2 is 1.85 bits per heavy atom. The molecule has 1 amide bonds. The maximum atomic E-state index is 12.9. The van der Waals surface area contributed by atoms with Crippen LogP contribution in [0.25, 0.3) is 0 Å². The van der Waals surface area contributed by atoms with Gasteiger partial charge in [-0.15, -0.1) is 0 Å². The van der Waals surface area contributed by atoms with Crippen molar-refractivity contribution in [1.29, 1.82) is 0 Å². The van der Waals surface area contributed by atoms with Crippen LogP contribution in [-0.2, 0) is 14.3 Å². The largest absolute Gasteiger partial charge is 0.495 e. The van der Waals surface area contributed by atoms with E-state index in [1.165, 1.54) is 0 Å². The number of anilines is 1. The summed E-state index contributed by atoms with van der Waals surface area (Å²) >= 11 is 0. The predicted molar refractivity (Wildman–Crippen MR) is 98.9 cm³/mol. The fourth-order valence-electron chi connectivity index (χ4n) is 2.87. The smallest absolute Gasteiger partial charge is 0.310 e. The SMILES string of the molecule is COc1ccc(C)cc1NC(=O)[C@H](OC(=O)[C@H]1C[C@@H]1C)c1ccccc1. The van der Waals surface area contributed by atoms with Crippen LogP contribution in [0, 0.1) is 18.8 Å². The minimum absolute atomic E-state index is 0.109. The summed E-state index contributed by atoms with van der Waals surface area (Å²) < 4.78 is 10.9. The van der Waals surface area contributed by atoms with Crippen molar-refractivity contribution in [3.05, 3.63) is 59.7 Å². The molecule has 0 aromatic heterocycles. The predicted octanol–water partition coefficient (Wildman–Crippen LogP) is 3.88. The van der Waals surface area contributed by atoms with Gasteiger partial charge in [-0.05, 0) is 37.0 Å². The van der Waals surface area contributed by atoms with Crippen molar-refractivity contribution in [3.63, 3.8) is 0 Å². The van der Waals surface area contributed by atoms with Gasteiger partial charge >= 0.3 is 5.97 Å². The summed E-state index contributed by atoms with van der Waals surface area (Å²) in [6.07, 6.45) is -0.185. The Morgan fingerprint density at radius 3 is 2.46 bits per heavy atom. The van der Waals surface area contributed by atoms with Crippen molar-refractivity contribution in [3.8, 4) is 5.75 Å². The molecule has 0 bridgehead atoms. The zero-order chi connectivity index (χ0) is 18.7. The number of methoxy groups -OCH3 is 1. The van der Waals surface area contributed by atoms with E-state index in [1.54, 1.807) is 25.3 Å². The number of carbonyl (C=O) groups is 2. The molecule has 26 heavy (non-hydrogen) atoms. The topological polar surface area (TPSA) is 64.6 Å². The molecule has 136 valence electrons. The van der Waals surface area contributed by atoms with Gasteiger partial charge in [-0.2, -0.15) is 0 Å². The number of esters is 1. The molecule has 0 spiro atoms. The summed E-state index contributed by atoms with van der Waals surface area (Å²) in [5.74, 6) is 0.0405. The molecule has 2 aromatic carbocycles. The highest BCUT2D eigenvalue weighted by Gasteiger charge is 2.42. The lowest BCUT2D eigenvalue weighted by molar-refractivity contribution is -0.156. The summed E-state index contributed by atoms with van der Waals surface area (Å²) in [7, 11) is 1.55. The van der Waals surface area contributed by atoms with Crippen LogP contribution in [0.4, 0.5) is 5.69 Å². The molecule has 3 rings (SSSR count). The van der Waals surface area contributed by atoms with E-state index in [0.717, 1.165) is 12.0 Å². The van der Waals surface area contributed by atoms with Gasteiger partial charge in [0.1, 0.15) is 5.75 Å². The molecule has 1 saturated carbocycles. The van der Waals surface area contributed by atoms with Crippen molar-refractivity contribution in [2.45, 2.75) is 26.4 Å². The molecular weight excluding hydrogens is 330 g/mol. The van der Waals surface area contributed by atoms with Gasteiger partial charge in [0, 0.05) is 5.56 Å². The molecule has 1 fully saturated rings. The van der Waals surface area contributed by atoms with Crippen molar-refractivity contribution in [1.82, 2.24) is 0 Å².